The zero-order valence-electron chi connectivity index (χ0n) is 11.3. The van der Waals surface area contributed by atoms with Crippen LogP contribution < -0.4 is 0 Å². The number of nitrogens with zero attached hydrogens (tertiary/aromatic N) is 3. The fourth-order valence-corrected chi connectivity index (χ4v) is 3.03. The molecule has 0 unspecified atom stereocenters. The smallest absolute Gasteiger partial charge is 0.276 e. The normalized spacial score (nSPS) is 12.0. The molecule has 0 atom stereocenters. The van der Waals surface area contributed by atoms with Crippen molar-refractivity contribution < 1.29 is 17.6 Å². The van der Waals surface area contributed by atoms with E-state index in [9.17, 15) is 17.6 Å². The molecule has 3 nitrogen and oxygen atoms in total. The third kappa shape index (κ3) is 3.42. The largest absolute Gasteiger partial charge is 0.417 e. The van der Waals surface area contributed by atoms with E-state index in [2.05, 4.69) is 10.2 Å². The van der Waals surface area contributed by atoms with Gasteiger partial charge in [0.15, 0.2) is 10.8 Å². The third-order valence-electron chi connectivity index (χ3n) is 3.04. The van der Waals surface area contributed by atoms with Crippen LogP contribution in [0.3, 0.4) is 0 Å². The quantitative estimate of drug-likeness (QED) is 0.494. The maximum absolute atomic E-state index is 12.9. The van der Waals surface area contributed by atoms with Gasteiger partial charge in [-0.05, 0) is 23.8 Å². The van der Waals surface area contributed by atoms with E-state index in [0.717, 1.165) is 17.8 Å². The maximum Gasteiger partial charge on any atom is 0.417 e. The molecule has 1 aromatic carbocycles. The number of fused-ring (bicyclic) bond motifs is 1. The van der Waals surface area contributed by atoms with Crippen molar-refractivity contribution in [3.63, 3.8) is 0 Å². The van der Waals surface area contributed by atoms with Crippen LogP contribution in [0.2, 0.25) is 5.02 Å². The van der Waals surface area contributed by atoms with Crippen LogP contribution in [0.15, 0.2) is 41.7 Å². The van der Waals surface area contributed by atoms with Gasteiger partial charge in [-0.2, -0.15) is 13.2 Å². The fraction of sp³-hybridized carbons (Fsp3) is 0.143. The highest BCUT2D eigenvalue weighted by atomic mass is 35.5. The van der Waals surface area contributed by atoms with E-state index in [1.165, 1.54) is 28.3 Å². The topological polar surface area (TPSA) is 30.2 Å². The first-order valence-corrected chi connectivity index (χ1v) is 7.69. The maximum atomic E-state index is 12.9. The summed E-state index contributed by atoms with van der Waals surface area (Å²) in [5.41, 5.74) is 0.0888. The van der Waals surface area contributed by atoms with Crippen molar-refractivity contribution in [1.82, 2.24) is 14.6 Å². The average Bonchev–Trinajstić information content (AvgIpc) is 2.89. The molecule has 9 heteroatoms. The summed E-state index contributed by atoms with van der Waals surface area (Å²) >= 11 is 7.03. The van der Waals surface area contributed by atoms with Crippen molar-refractivity contribution in [2.45, 2.75) is 17.1 Å². The van der Waals surface area contributed by atoms with E-state index < -0.39 is 11.7 Å². The lowest BCUT2D eigenvalue weighted by Gasteiger charge is -2.08. The standard InChI is InChI=1S/C14H8ClF4N3S/c15-11-5-9(14(17,18)19)6-22-12(11)20-21-13(22)23-7-8-1-3-10(16)4-2-8/h1-6H,7H2. The highest BCUT2D eigenvalue weighted by Crippen LogP contribution is 2.33. The molecule has 0 saturated heterocycles. The Balaban J connectivity index is 1.92. The summed E-state index contributed by atoms with van der Waals surface area (Å²) < 4.78 is 52.7. The van der Waals surface area contributed by atoms with Crippen LogP contribution in [0.1, 0.15) is 11.1 Å². The van der Waals surface area contributed by atoms with Gasteiger partial charge in [0.25, 0.3) is 0 Å². The molecule has 2 aromatic heterocycles. The average molecular weight is 362 g/mol. The Morgan fingerprint density at radius 1 is 1.13 bits per heavy atom. The Morgan fingerprint density at radius 2 is 1.83 bits per heavy atom. The van der Waals surface area contributed by atoms with Crippen LogP contribution in [0.5, 0.6) is 0 Å². The minimum Gasteiger partial charge on any atom is -0.276 e. The second-order valence-electron chi connectivity index (χ2n) is 4.67. The Kier molecular flexibility index (Phi) is 4.20. The molecule has 0 aliphatic carbocycles. The molecule has 0 spiro atoms. The predicted octanol–water partition coefficient (Wildman–Crippen LogP) is 4.83. The van der Waals surface area contributed by atoms with Gasteiger partial charge in [0, 0.05) is 11.9 Å². The van der Waals surface area contributed by atoms with Gasteiger partial charge in [0.1, 0.15) is 5.82 Å². The van der Waals surface area contributed by atoms with Gasteiger partial charge in [0.2, 0.25) is 0 Å². The molecule has 0 aliphatic heterocycles. The highest BCUT2D eigenvalue weighted by molar-refractivity contribution is 7.98. The Labute approximate surface area is 137 Å². The minimum atomic E-state index is -4.51. The summed E-state index contributed by atoms with van der Waals surface area (Å²) in [4.78, 5) is 0. The lowest BCUT2D eigenvalue weighted by atomic mass is 10.2. The number of hydrogen-bond acceptors (Lipinski definition) is 3. The van der Waals surface area contributed by atoms with Crippen molar-refractivity contribution in [3.05, 3.63) is 58.5 Å². The number of thioether (sulfide) groups is 1. The van der Waals surface area contributed by atoms with Gasteiger partial charge in [-0.25, -0.2) is 4.39 Å². The van der Waals surface area contributed by atoms with Gasteiger partial charge in [0.05, 0.1) is 10.6 Å². The van der Waals surface area contributed by atoms with Crippen molar-refractivity contribution in [3.8, 4) is 0 Å². The molecule has 3 rings (SSSR count). The molecule has 0 fully saturated rings. The van der Waals surface area contributed by atoms with Crippen LogP contribution in [-0.2, 0) is 11.9 Å². The lowest BCUT2D eigenvalue weighted by Crippen LogP contribution is -2.07. The number of rotatable bonds is 3. The van der Waals surface area contributed by atoms with E-state index in [4.69, 9.17) is 11.6 Å². The molecular formula is C14H8ClF4N3S. The molecule has 3 aromatic rings. The summed E-state index contributed by atoms with van der Waals surface area (Å²) in [6, 6.07) is 6.65. The summed E-state index contributed by atoms with van der Waals surface area (Å²) in [7, 11) is 0. The first-order chi connectivity index (χ1) is 10.8. The molecule has 0 amide bonds. The van der Waals surface area contributed by atoms with Crippen LogP contribution in [0.4, 0.5) is 17.6 Å². The van der Waals surface area contributed by atoms with Crippen LogP contribution >= 0.6 is 23.4 Å². The molecule has 0 aliphatic rings. The van der Waals surface area contributed by atoms with Crippen molar-refractivity contribution in [2.24, 2.45) is 0 Å². The summed E-state index contributed by atoms with van der Waals surface area (Å²) in [6.45, 7) is 0. The molecule has 0 N–H and O–H groups in total. The van der Waals surface area contributed by atoms with Gasteiger partial charge in [-0.3, -0.25) is 4.40 Å². The van der Waals surface area contributed by atoms with E-state index >= 15 is 0 Å². The Morgan fingerprint density at radius 3 is 2.48 bits per heavy atom. The van der Waals surface area contributed by atoms with Gasteiger partial charge in [-0.15, -0.1) is 10.2 Å². The zero-order chi connectivity index (χ0) is 16.6. The molecule has 120 valence electrons. The Bertz CT molecular complexity index is 846. The molecule has 0 bridgehead atoms. The van der Waals surface area contributed by atoms with Gasteiger partial charge < -0.3 is 0 Å². The van der Waals surface area contributed by atoms with E-state index in [0.29, 0.717) is 5.75 Å². The number of halogens is 5. The van der Waals surface area contributed by atoms with Crippen LogP contribution in [-0.4, -0.2) is 14.6 Å². The summed E-state index contributed by atoms with van der Waals surface area (Å²) in [6.07, 6.45) is -3.60. The third-order valence-corrected chi connectivity index (χ3v) is 4.33. The zero-order valence-corrected chi connectivity index (χ0v) is 12.9. The summed E-state index contributed by atoms with van der Waals surface area (Å²) in [5.74, 6) is 0.0582. The molecule has 0 saturated carbocycles. The number of pyridine rings is 1. The van der Waals surface area contributed by atoms with Crippen molar-refractivity contribution in [2.75, 3.05) is 0 Å². The minimum absolute atomic E-state index is 0.124. The first-order valence-electron chi connectivity index (χ1n) is 6.33. The molecule has 23 heavy (non-hydrogen) atoms. The molecule has 2 heterocycles. The number of alkyl halides is 3. The van der Waals surface area contributed by atoms with Crippen LogP contribution in [0, 0.1) is 5.82 Å². The second kappa shape index (κ2) is 6.01. The molecular weight excluding hydrogens is 354 g/mol. The highest BCUT2D eigenvalue weighted by Gasteiger charge is 2.32. The number of aromatic nitrogens is 3. The number of benzene rings is 1. The van der Waals surface area contributed by atoms with Crippen molar-refractivity contribution >= 4 is 29.0 Å². The monoisotopic (exact) mass is 361 g/mol. The van der Waals surface area contributed by atoms with E-state index in [1.54, 1.807) is 12.1 Å². The Hall–Kier alpha value is -1.80. The van der Waals surface area contributed by atoms with Crippen molar-refractivity contribution in [1.29, 1.82) is 0 Å². The lowest BCUT2D eigenvalue weighted by molar-refractivity contribution is -0.137. The number of hydrogen-bond donors (Lipinski definition) is 0. The summed E-state index contributed by atoms with van der Waals surface area (Å²) in [5, 5.41) is 7.81. The van der Waals surface area contributed by atoms with Crippen LogP contribution in [0.25, 0.3) is 5.65 Å². The predicted molar refractivity (Wildman–Crippen MR) is 79.0 cm³/mol. The van der Waals surface area contributed by atoms with Gasteiger partial charge >= 0.3 is 6.18 Å². The fourth-order valence-electron chi connectivity index (χ4n) is 1.92. The van der Waals surface area contributed by atoms with E-state index in [-0.39, 0.29) is 21.6 Å². The second-order valence-corrected chi connectivity index (χ2v) is 6.02. The van der Waals surface area contributed by atoms with Gasteiger partial charge in [-0.1, -0.05) is 35.5 Å². The first kappa shape index (κ1) is 16.1. The van der Waals surface area contributed by atoms with E-state index in [1.807, 2.05) is 0 Å². The molecule has 0 radical (unpaired) electrons. The SMILES string of the molecule is Fc1ccc(CSc2nnc3c(Cl)cc(C(F)(F)F)cn23)cc1.